The van der Waals surface area contributed by atoms with Gasteiger partial charge in [-0.1, -0.05) is 0 Å². The maximum absolute atomic E-state index is 5.47. The van der Waals surface area contributed by atoms with E-state index in [0.29, 0.717) is 12.5 Å². The van der Waals surface area contributed by atoms with Crippen molar-refractivity contribution in [2.24, 2.45) is 5.84 Å². The minimum Gasteiger partial charge on any atom is -0.461 e. The van der Waals surface area contributed by atoms with Crippen LogP contribution in [0.4, 0.5) is 11.9 Å². The number of hydrogen-bond acceptors (Lipinski definition) is 8. The molecule has 0 saturated heterocycles. The summed E-state index contributed by atoms with van der Waals surface area (Å²) in [4.78, 5) is 16.4. The van der Waals surface area contributed by atoms with Crippen LogP contribution in [0.2, 0.25) is 0 Å². The number of anilines is 2. The largest absolute Gasteiger partial charge is 0.461 e. The van der Waals surface area contributed by atoms with Gasteiger partial charge >= 0.3 is 6.01 Å². The number of aryl methyl sites for hydroxylation is 1. The molecule has 0 amide bonds. The molecular weight excluding hydrogens is 270 g/mol. The van der Waals surface area contributed by atoms with E-state index < -0.39 is 0 Å². The van der Waals surface area contributed by atoms with Gasteiger partial charge < -0.3 is 10.1 Å². The van der Waals surface area contributed by atoms with Crippen LogP contribution in [0.15, 0.2) is 18.5 Å². The third-order valence-corrected chi connectivity index (χ3v) is 2.66. The Morgan fingerprint density at radius 3 is 2.67 bits per heavy atom. The van der Waals surface area contributed by atoms with E-state index in [9.17, 15) is 0 Å². The van der Waals surface area contributed by atoms with Crippen LogP contribution in [0.3, 0.4) is 0 Å². The molecule has 0 spiro atoms. The fourth-order valence-corrected chi connectivity index (χ4v) is 1.64. The Hall–Kier alpha value is -2.48. The molecule has 0 atom stereocenters. The van der Waals surface area contributed by atoms with Crippen LogP contribution in [0, 0.1) is 6.92 Å². The Balaban J connectivity index is 2.13. The van der Waals surface area contributed by atoms with Crippen LogP contribution >= 0.6 is 0 Å². The summed E-state index contributed by atoms with van der Waals surface area (Å²) < 4.78 is 5.47. The Bertz CT molecular complexity index is 603. The molecule has 2 aromatic heterocycles. The molecular formula is C13H19N7O. The first-order chi connectivity index (χ1) is 10.1. The highest BCUT2D eigenvalue weighted by Gasteiger charge is 2.08. The number of nitrogens with two attached hydrogens (primary N) is 1. The second-order valence-corrected chi connectivity index (χ2v) is 4.73. The summed E-state index contributed by atoms with van der Waals surface area (Å²) in [6.45, 7) is 6.36. The fraction of sp³-hybridized carbons (Fsp3) is 0.385. The minimum absolute atomic E-state index is 0.0340. The number of rotatable bonds is 6. The molecule has 0 unspecified atom stereocenters. The van der Waals surface area contributed by atoms with Gasteiger partial charge in [-0.05, 0) is 38.0 Å². The lowest BCUT2D eigenvalue weighted by molar-refractivity contribution is 0.222. The standard InChI is InChI=1S/C13H19N7O/c1-8(2)21-13-18-11(17-12(19-13)20-14)16-7-10-4-5-15-6-9(10)3/h4-6,8H,7,14H2,1-3H3,(H2,16,17,18,19,20). The molecule has 2 rings (SSSR count). The lowest BCUT2D eigenvalue weighted by Gasteiger charge is -2.11. The molecule has 8 heteroatoms. The molecule has 0 radical (unpaired) electrons. The monoisotopic (exact) mass is 289 g/mol. The predicted molar refractivity (Wildman–Crippen MR) is 79.7 cm³/mol. The normalized spacial score (nSPS) is 10.5. The van der Waals surface area contributed by atoms with Crippen LogP contribution in [-0.4, -0.2) is 26.0 Å². The molecule has 2 heterocycles. The van der Waals surface area contributed by atoms with E-state index in [-0.39, 0.29) is 18.1 Å². The molecule has 0 aliphatic rings. The number of ether oxygens (including phenoxy) is 1. The summed E-state index contributed by atoms with van der Waals surface area (Å²) in [6, 6.07) is 2.17. The Morgan fingerprint density at radius 1 is 1.24 bits per heavy atom. The lowest BCUT2D eigenvalue weighted by Crippen LogP contribution is -2.16. The van der Waals surface area contributed by atoms with Crippen molar-refractivity contribution in [2.75, 3.05) is 10.7 Å². The molecule has 112 valence electrons. The van der Waals surface area contributed by atoms with E-state index in [1.807, 2.05) is 33.0 Å². The highest BCUT2D eigenvalue weighted by Crippen LogP contribution is 2.13. The number of nitrogens with one attached hydrogen (secondary N) is 2. The van der Waals surface area contributed by atoms with Gasteiger partial charge in [0.15, 0.2) is 0 Å². The molecule has 0 aromatic carbocycles. The van der Waals surface area contributed by atoms with Crippen molar-refractivity contribution in [3.05, 3.63) is 29.6 Å². The maximum atomic E-state index is 5.47. The second kappa shape index (κ2) is 6.80. The summed E-state index contributed by atoms with van der Waals surface area (Å²) in [5, 5.41) is 3.12. The quantitative estimate of drug-likeness (QED) is 0.538. The number of hydrazine groups is 1. The summed E-state index contributed by atoms with van der Waals surface area (Å²) in [6.07, 6.45) is 3.52. The first-order valence-corrected chi connectivity index (χ1v) is 6.61. The van der Waals surface area contributed by atoms with E-state index in [2.05, 4.69) is 30.7 Å². The zero-order valence-corrected chi connectivity index (χ0v) is 12.3. The topological polar surface area (TPSA) is 111 Å². The molecule has 8 nitrogen and oxygen atoms in total. The molecule has 0 aliphatic carbocycles. The van der Waals surface area contributed by atoms with E-state index in [4.69, 9.17) is 10.6 Å². The van der Waals surface area contributed by atoms with Crippen molar-refractivity contribution >= 4 is 11.9 Å². The fourth-order valence-electron chi connectivity index (χ4n) is 1.64. The Labute approximate surface area is 123 Å². The van der Waals surface area contributed by atoms with Gasteiger partial charge in [-0.2, -0.15) is 15.0 Å². The van der Waals surface area contributed by atoms with Gasteiger partial charge in [-0.3, -0.25) is 10.4 Å². The SMILES string of the molecule is Cc1cnccc1CNc1nc(NN)nc(OC(C)C)n1. The van der Waals surface area contributed by atoms with E-state index in [0.717, 1.165) is 11.1 Å². The van der Waals surface area contributed by atoms with Crippen molar-refractivity contribution in [3.8, 4) is 6.01 Å². The van der Waals surface area contributed by atoms with E-state index in [1.54, 1.807) is 6.20 Å². The third-order valence-electron chi connectivity index (χ3n) is 2.66. The van der Waals surface area contributed by atoms with Crippen molar-refractivity contribution in [2.45, 2.75) is 33.4 Å². The molecule has 0 fully saturated rings. The highest BCUT2D eigenvalue weighted by atomic mass is 16.5. The molecule has 0 saturated carbocycles. The average Bonchev–Trinajstić information content (AvgIpc) is 2.45. The van der Waals surface area contributed by atoms with Gasteiger partial charge in [-0.15, -0.1) is 0 Å². The summed E-state index contributed by atoms with van der Waals surface area (Å²) in [7, 11) is 0. The zero-order chi connectivity index (χ0) is 15.2. The van der Waals surface area contributed by atoms with Crippen LogP contribution in [-0.2, 0) is 6.54 Å². The Morgan fingerprint density at radius 2 is 2.00 bits per heavy atom. The molecule has 0 aliphatic heterocycles. The van der Waals surface area contributed by atoms with E-state index >= 15 is 0 Å². The predicted octanol–water partition coefficient (Wildman–Crippen LogP) is 1.26. The first-order valence-electron chi connectivity index (χ1n) is 6.61. The number of aromatic nitrogens is 4. The zero-order valence-electron chi connectivity index (χ0n) is 12.3. The maximum Gasteiger partial charge on any atom is 0.323 e. The van der Waals surface area contributed by atoms with Crippen molar-refractivity contribution in [3.63, 3.8) is 0 Å². The van der Waals surface area contributed by atoms with E-state index in [1.165, 1.54) is 0 Å². The molecule has 2 aromatic rings. The number of pyridine rings is 1. The summed E-state index contributed by atoms with van der Waals surface area (Å²) in [5.74, 6) is 5.99. The van der Waals surface area contributed by atoms with Gasteiger partial charge in [0.05, 0.1) is 6.10 Å². The smallest absolute Gasteiger partial charge is 0.323 e. The lowest BCUT2D eigenvalue weighted by atomic mass is 10.1. The van der Waals surface area contributed by atoms with Crippen LogP contribution in [0.1, 0.15) is 25.0 Å². The number of nitrogen functional groups attached to an aromatic ring is 1. The second-order valence-electron chi connectivity index (χ2n) is 4.73. The minimum atomic E-state index is -0.0340. The van der Waals surface area contributed by atoms with Gasteiger partial charge in [0.2, 0.25) is 11.9 Å². The summed E-state index contributed by atoms with van der Waals surface area (Å²) >= 11 is 0. The van der Waals surface area contributed by atoms with Gasteiger partial charge in [0, 0.05) is 18.9 Å². The highest BCUT2D eigenvalue weighted by molar-refractivity contribution is 5.36. The average molecular weight is 289 g/mol. The van der Waals surface area contributed by atoms with Crippen molar-refractivity contribution in [1.29, 1.82) is 0 Å². The summed E-state index contributed by atoms with van der Waals surface area (Å²) in [5.41, 5.74) is 4.60. The van der Waals surface area contributed by atoms with Crippen LogP contribution in [0.25, 0.3) is 0 Å². The first kappa shape index (κ1) is 14.9. The third kappa shape index (κ3) is 4.25. The molecule has 0 bridgehead atoms. The number of nitrogens with zero attached hydrogens (tertiary/aromatic N) is 4. The Kier molecular flexibility index (Phi) is 4.83. The van der Waals surface area contributed by atoms with Gasteiger partial charge in [-0.25, -0.2) is 5.84 Å². The number of hydrogen-bond donors (Lipinski definition) is 3. The molecule has 4 N–H and O–H groups in total. The van der Waals surface area contributed by atoms with Crippen LogP contribution < -0.4 is 21.3 Å². The van der Waals surface area contributed by atoms with Crippen molar-refractivity contribution < 1.29 is 4.74 Å². The van der Waals surface area contributed by atoms with Gasteiger partial charge in [0.25, 0.3) is 0 Å². The van der Waals surface area contributed by atoms with Crippen molar-refractivity contribution in [1.82, 2.24) is 19.9 Å². The molecule has 21 heavy (non-hydrogen) atoms. The van der Waals surface area contributed by atoms with Gasteiger partial charge in [0.1, 0.15) is 0 Å². The van der Waals surface area contributed by atoms with Crippen LogP contribution in [0.5, 0.6) is 6.01 Å².